The monoisotopic (exact) mass is 240 g/mol. The summed E-state index contributed by atoms with van der Waals surface area (Å²) in [6.07, 6.45) is 0.150. The fourth-order valence-electron chi connectivity index (χ4n) is 1.77. The van der Waals surface area contributed by atoms with Crippen molar-refractivity contribution in [3.05, 3.63) is 34.3 Å². The van der Waals surface area contributed by atoms with Gasteiger partial charge in [-0.1, -0.05) is 37.6 Å². The van der Waals surface area contributed by atoms with E-state index in [1.165, 1.54) is 0 Å². The van der Waals surface area contributed by atoms with Gasteiger partial charge < -0.3 is 5.11 Å². The summed E-state index contributed by atoms with van der Waals surface area (Å²) in [5, 5.41) is 9.59. The molecular weight excluding hydrogens is 224 g/mol. The van der Waals surface area contributed by atoms with Crippen molar-refractivity contribution in [2.24, 2.45) is 5.92 Å². The van der Waals surface area contributed by atoms with Gasteiger partial charge in [-0.2, -0.15) is 0 Å². The first-order chi connectivity index (χ1) is 7.41. The van der Waals surface area contributed by atoms with E-state index in [1.807, 2.05) is 39.0 Å². The van der Waals surface area contributed by atoms with Gasteiger partial charge in [0, 0.05) is 5.02 Å². The molecule has 1 unspecified atom stereocenters. The second kappa shape index (κ2) is 5.35. The molecule has 1 rings (SSSR count). The van der Waals surface area contributed by atoms with Gasteiger partial charge in [0.05, 0.1) is 6.42 Å². The summed E-state index contributed by atoms with van der Waals surface area (Å²) in [5.74, 6) is -0.458. The summed E-state index contributed by atoms with van der Waals surface area (Å²) >= 11 is 6.05. The Morgan fingerprint density at radius 1 is 1.44 bits per heavy atom. The van der Waals surface area contributed by atoms with Crippen LogP contribution >= 0.6 is 11.6 Å². The van der Waals surface area contributed by atoms with Crippen molar-refractivity contribution in [1.82, 2.24) is 0 Å². The lowest BCUT2D eigenvalue weighted by Gasteiger charge is -2.20. The van der Waals surface area contributed by atoms with Crippen LogP contribution < -0.4 is 0 Å². The smallest absolute Gasteiger partial charge is 0.303 e. The van der Waals surface area contributed by atoms with Crippen molar-refractivity contribution in [3.63, 3.8) is 0 Å². The van der Waals surface area contributed by atoms with Crippen molar-refractivity contribution < 1.29 is 9.90 Å². The van der Waals surface area contributed by atoms with Gasteiger partial charge in [-0.15, -0.1) is 0 Å². The second-order valence-electron chi connectivity index (χ2n) is 4.46. The Morgan fingerprint density at radius 2 is 2.06 bits per heavy atom. The zero-order valence-electron chi connectivity index (χ0n) is 9.83. The number of halogens is 1. The maximum Gasteiger partial charge on any atom is 0.303 e. The van der Waals surface area contributed by atoms with E-state index in [4.69, 9.17) is 16.7 Å². The first-order valence-corrected chi connectivity index (χ1v) is 5.77. The summed E-state index contributed by atoms with van der Waals surface area (Å²) < 4.78 is 0. The van der Waals surface area contributed by atoms with Crippen LogP contribution in [0.15, 0.2) is 18.2 Å². The lowest BCUT2D eigenvalue weighted by molar-refractivity contribution is -0.137. The highest BCUT2D eigenvalue weighted by molar-refractivity contribution is 6.31. The van der Waals surface area contributed by atoms with Gasteiger partial charge in [0.1, 0.15) is 0 Å². The number of hydrogen-bond acceptors (Lipinski definition) is 1. The zero-order valence-corrected chi connectivity index (χ0v) is 10.6. The van der Waals surface area contributed by atoms with Crippen LogP contribution in [0.25, 0.3) is 0 Å². The molecule has 1 N–H and O–H groups in total. The van der Waals surface area contributed by atoms with Gasteiger partial charge in [-0.3, -0.25) is 4.79 Å². The maximum absolute atomic E-state index is 10.8. The van der Waals surface area contributed by atoms with E-state index in [0.717, 1.165) is 11.1 Å². The van der Waals surface area contributed by atoms with Crippen LogP contribution in [0, 0.1) is 12.8 Å². The van der Waals surface area contributed by atoms with Gasteiger partial charge in [-0.25, -0.2) is 0 Å². The third-order valence-corrected chi connectivity index (χ3v) is 3.23. The van der Waals surface area contributed by atoms with E-state index in [-0.39, 0.29) is 18.3 Å². The average molecular weight is 241 g/mol. The number of hydrogen-bond donors (Lipinski definition) is 1. The van der Waals surface area contributed by atoms with Crippen molar-refractivity contribution in [2.45, 2.75) is 33.1 Å². The van der Waals surface area contributed by atoms with Gasteiger partial charge in [0.15, 0.2) is 0 Å². The van der Waals surface area contributed by atoms with Crippen molar-refractivity contribution >= 4 is 17.6 Å². The normalized spacial score (nSPS) is 12.8. The van der Waals surface area contributed by atoms with E-state index in [2.05, 4.69) is 0 Å². The lowest BCUT2D eigenvalue weighted by Crippen LogP contribution is -2.12. The Hall–Kier alpha value is -1.02. The molecule has 0 saturated heterocycles. The van der Waals surface area contributed by atoms with Gasteiger partial charge in [0.2, 0.25) is 0 Å². The van der Waals surface area contributed by atoms with Gasteiger partial charge >= 0.3 is 5.97 Å². The van der Waals surface area contributed by atoms with Crippen LogP contribution in [-0.2, 0) is 4.79 Å². The van der Waals surface area contributed by atoms with Crippen LogP contribution in [-0.4, -0.2) is 11.1 Å². The van der Waals surface area contributed by atoms with Crippen molar-refractivity contribution in [2.75, 3.05) is 0 Å². The number of rotatable bonds is 4. The van der Waals surface area contributed by atoms with Crippen molar-refractivity contribution in [1.29, 1.82) is 0 Å². The molecule has 1 atom stereocenters. The molecule has 0 aliphatic carbocycles. The topological polar surface area (TPSA) is 37.3 Å². The highest BCUT2D eigenvalue weighted by atomic mass is 35.5. The molecule has 88 valence electrons. The molecule has 3 heteroatoms. The third-order valence-electron chi connectivity index (χ3n) is 2.82. The number of carbonyl (C=O) groups is 1. The van der Waals surface area contributed by atoms with Crippen LogP contribution in [0.2, 0.25) is 5.02 Å². The van der Waals surface area contributed by atoms with Gasteiger partial charge in [0.25, 0.3) is 0 Å². The molecule has 1 aromatic carbocycles. The summed E-state index contributed by atoms with van der Waals surface area (Å²) in [5.41, 5.74) is 2.02. The van der Waals surface area contributed by atoms with Crippen molar-refractivity contribution in [3.8, 4) is 0 Å². The first kappa shape index (κ1) is 13.0. The minimum atomic E-state index is -0.768. The quantitative estimate of drug-likeness (QED) is 0.868. The number of carboxylic acids is 1. The Kier molecular flexibility index (Phi) is 4.36. The molecule has 0 amide bonds. The molecule has 16 heavy (non-hydrogen) atoms. The summed E-state index contributed by atoms with van der Waals surface area (Å²) in [4.78, 5) is 10.8. The van der Waals surface area contributed by atoms with E-state index in [1.54, 1.807) is 0 Å². The zero-order chi connectivity index (χ0) is 12.3. The largest absolute Gasteiger partial charge is 0.481 e. The molecule has 0 aromatic heterocycles. The lowest BCUT2D eigenvalue weighted by atomic mass is 9.85. The minimum absolute atomic E-state index is 0.0237. The third kappa shape index (κ3) is 3.24. The Morgan fingerprint density at radius 3 is 2.50 bits per heavy atom. The highest BCUT2D eigenvalue weighted by Gasteiger charge is 2.19. The molecule has 0 heterocycles. The minimum Gasteiger partial charge on any atom is -0.481 e. The SMILES string of the molecule is Cc1ccc(C(CC(=O)O)C(C)C)cc1Cl. The predicted molar refractivity (Wildman–Crippen MR) is 66.0 cm³/mol. The fraction of sp³-hybridized carbons (Fsp3) is 0.462. The molecule has 0 fully saturated rings. The summed E-state index contributed by atoms with van der Waals surface area (Å²) in [6, 6.07) is 5.79. The number of benzene rings is 1. The molecule has 0 aliphatic rings. The predicted octanol–water partition coefficient (Wildman–Crippen LogP) is 3.86. The molecule has 0 saturated carbocycles. The van der Waals surface area contributed by atoms with Crippen LogP contribution in [0.1, 0.15) is 37.3 Å². The molecule has 0 radical (unpaired) electrons. The maximum atomic E-state index is 10.8. The fourth-order valence-corrected chi connectivity index (χ4v) is 1.96. The number of aliphatic carboxylic acids is 1. The van der Waals surface area contributed by atoms with Crippen LogP contribution in [0.4, 0.5) is 0 Å². The van der Waals surface area contributed by atoms with Gasteiger partial charge in [-0.05, 0) is 36.0 Å². The standard InChI is InChI=1S/C13H17ClO2/c1-8(2)11(7-13(15)16)10-5-4-9(3)12(14)6-10/h4-6,8,11H,7H2,1-3H3,(H,15,16). The first-order valence-electron chi connectivity index (χ1n) is 5.39. The Bertz CT molecular complexity index is 386. The molecule has 0 bridgehead atoms. The molecule has 1 aromatic rings. The number of carboxylic acid groups (broad SMARTS) is 1. The average Bonchev–Trinajstić information content (AvgIpc) is 2.18. The molecule has 0 spiro atoms. The molecule has 2 nitrogen and oxygen atoms in total. The highest BCUT2D eigenvalue weighted by Crippen LogP contribution is 2.30. The van der Waals surface area contributed by atoms with E-state index >= 15 is 0 Å². The summed E-state index contributed by atoms with van der Waals surface area (Å²) in [7, 11) is 0. The Labute approximate surface area is 101 Å². The Balaban J connectivity index is 3.01. The van der Waals surface area contributed by atoms with Crippen LogP contribution in [0.5, 0.6) is 0 Å². The molecular formula is C13H17ClO2. The number of aryl methyl sites for hydroxylation is 1. The van der Waals surface area contributed by atoms with Crippen LogP contribution in [0.3, 0.4) is 0 Å². The summed E-state index contributed by atoms with van der Waals surface area (Å²) in [6.45, 7) is 6.00. The molecule has 0 aliphatic heterocycles. The van der Waals surface area contributed by atoms with E-state index < -0.39 is 5.97 Å². The van der Waals surface area contributed by atoms with E-state index in [0.29, 0.717) is 5.02 Å². The second-order valence-corrected chi connectivity index (χ2v) is 4.86. The van der Waals surface area contributed by atoms with E-state index in [9.17, 15) is 4.79 Å².